The molecule has 0 N–H and O–H groups in total. The van der Waals surface area contributed by atoms with Gasteiger partial charge in [0.15, 0.2) is 11.4 Å². The van der Waals surface area contributed by atoms with E-state index in [1.807, 2.05) is 0 Å². The highest BCUT2D eigenvalue weighted by Gasteiger charge is 2.39. The molecule has 0 aromatic heterocycles. The maximum atomic E-state index is 12.2. The van der Waals surface area contributed by atoms with E-state index in [9.17, 15) is 26.3 Å². The predicted octanol–water partition coefficient (Wildman–Crippen LogP) is 4.02. The molecule has 0 radical (unpaired) electrons. The van der Waals surface area contributed by atoms with Crippen LogP contribution in [0.3, 0.4) is 0 Å². The zero-order chi connectivity index (χ0) is 13.6. The molecule has 10 heteroatoms. The summed E-state index contributed by atoms with van der Waals surface area (Å²) >= 11 is 0. The Hall–Kier alpha value is -2.00. The molecule has 96 valence electrons. The molecule has 0 unspecified atom stereocenters. The lowest BCUT2D eigenvalue weighted by molar-refractivity contribution is -0.0933. The fourth-order valence-corrected chi connectivity index (χ4v) is 1.12. The number of alkyl halides is 6. The zero-order valence-corrected chi connectivity index (χ0v) is 8.21. The molecule has 2 aliphatic heterocycles. The van der Waals surface area contributed by atoms with Gasteiger partial charge in [0, 0.05) is 12.2 Å². The van der Waals surface area contributed by atoms with Gasteiger partial charge >= 0.3 is 12.4 Å². The van der Waals surface area contributed by atoms with Crippen molar-refractivity contribution in [2.75, 3.05) is 0 Å². The van der Waals surface area contributed by atoms with Gasteiger partial charge in [0.05, 0.1) is 0 Å². The first-order valence-electron chi connectivity index (χ1n) is 4.33. The summed E-state index contributed by atoms with van der Waals surface area (Å²) in [7, 11) is 0. The van der Waals surface area contributed by atoms with Crippen LogP contribution < -0.4 is 0 Å². The lowest BCUT2D eigenvalue weighted by Crippen LogP contribution is -2.08. The standard InChI is InChI=1S/C8H2F6N4/c9-7(10,11)5-1-3(15-17-5)4-2-6(18-16-4)8(12,13)14/h1-2H. The van der Waals surface area contributed by atoms with Gasteiger partial charge in [-0.2, -0.15) is 26.3 Å². The number of halogens is 6. The second-order valence-corrected chi connectivity index (χ2v) is 3.23. The van der Waals surface area contributed by atoms with Crippen LogP contribution in [0.25, 0.3) is 0 Å². The number of nitrogens with zero attached hydrogens (tertiary/aromatic N) is 4. The predicted molar refractivity (Wildman–Crippen MR) is 45.0 cm³/mol. The first kappa shape index (κ1) is 12.5. The van der Waals surface area contributed by atoms with Gasteiger partial charge in [-0.05, 0) is 0 Å². The summed E-state index contributed by atoms with van der Waals surface area (Å²) in [5.41, 5.74) is -3.42. The van der Waals surface area contributed by atoms with Crippen LogP contribution in [-0.4, -0.2) is 12.4 Å². The smallest absolute Gasteiger partial charge is 0.164 e. The molecule has 0 spiro atoms. The second-order valence-electron chi connectivity index (χ2n) is 3.23. The van der Waals surface area contributed by atoms with E-state index in [0.29, 0.717) is 12.2 Å². The summed E-state index contributed by atoms with van der Waals surface area (Å²) < 4.78 is 73.2. The minimum Gasteiger partial charge on any atom is -0.164 e. The van der Waals surface area contributed by atoms with E-state index in [2.05, 4.69) is 20.5 Å². The van der Waals surface area contributed by atoms with E-state index in [0.717, 1.165) is 0 Å². The van der Waals surface area contributed by atoms with E-state index in [1.54, 1.807) is 0 Å². The minimum atomic E-state index is -4.71. The van der Waals surface area contributed by atoms with Crippen molar-refractivity contribution in [2.45, 2.75) is 12.4 Å². The summed E-state index contributed by atoms with van der Waals surface area (Å²) in [6, 6.07) is 0. The van der Waals surface area contributed by atoms with Crippen LogP contribution in [0.2, 0.25) is 0 Å². The van der Waals surface area contributed by atoms with Crippen LogP contribution in [0, 0.1) is 0 Å². The molecule has 18 heavy (non-hydrogen) atoms. The van der Waals surface area contributed by atoms with Crippen LogP contribution in [0.1, 0.15) is 0 Å². The van der Waals surface area contributed by atoms with E-state index in [1.165, 1.54) is 0 Å². The van der Waals surface area contributed by atoms with Crippen molar-refractivity contribution in [3.63, 3.8) is 0 Å². The van der Waals surface area contributed by atoms with Crippen molar-refractivity contribution in [3.05, 3.63) is 34.9 Å². The Morgan fingerprint density at radius 3 is 1.17 bits per heavy atom. The highest BCUT2D eigenvalue weighted by molar-refractivity contribution is 5.40. The molecular weight excluding hydrogens is 266 g/mol. The average molecular weight is 268 g/mol. The van der Waals surface area contributed by atoms with Crippen LogP contribution >= 0.6 is 0 Å². The molecule has 0 aliphatic carbocycles. The molecule has 0 saturated carbocycles. The molecule has 0 atom stereocenters. The van der Waals surface area contributed by atoms with Crippen molar-refractivity contribution < 1.29 is 26.3 Å². The van der Waals surface area contributed by atoms with Crippen molar-refractivity contribution in [1.29, 1.82) is 0 Å². The summed E-state index contributed by atoms with van der Waals surface area (Å²) in [6.07, 6.45) is -8.41. The van der Waals surface area contributed by atoms with Gasteiger partial charge < -0.3 is 0 Å². The number of hydrogen-bond donors (Lipinski definition) is 0. The molecule has 2 heterocycles. The Morgan fingerprint density at radius 2 is 0.944 bits per heavy atom. The quantitative estimate of drug-likeness (QED) is 0.596. The molecule has 4 nitrogen and oxygen atoms in total. The fraction of sp³-hybridized carbons (Fsp3) is 0.250. The van der Waals surface area contributed by atoms with Gasteiger partial charge in [-0.15, -0.1) is 20.5 Å². The third-order valence-corrected chi connectivity index (χ3v) is 1.92. The maximum Gasteiger partial charge on any atom is 0.435 e. The molecule has 0 aromatic rings. The first-order chi connectivity index (χ1) is 8.18. The molecule has 2 aliphatic rings. The zero-order valence-electron chi connectivity index (χ0n) is 8.21. The second kappa shape index (κ2) is 3.75. The SMILES string of the molecule is FC(F)(F)C1=CC(=C2C=C(C(F)(F)F)N=N2)N=N1. The Bertz CT molecular complexity index is 483. The Labute approximate surface area is 95.1 Å². The van der Waals surface area contributed by atoms with Gasteiger partial charge in [0.2, 0.25) is 0 Å². The monoisotopic (exact) mass is 268 g/mol. The van der Waals surface area contributed by atoms with Crippen LogP contribution in [0.4, 0.5) is 26.3 Å². The minimum absolute atomic E-state index is 0.412. The highest BCUT2D eigenvalue weighted by Crippen LogP contribution is 2.37. The summed E-state index contributed by atoms with van der Waals surface area (Å²) in [5, 5.41) is 11.8. The molecule has 0 aromatic carbocycles. The Balaban J connectivity index is 2.34. The largest absolute Gasteiger partial charge is 0.435 e. The van der Waals surface area contributed by atoms with E-state index in [-0.39, 0.29) is 0 Å². The van der Waals surface area contributed by atoms with E-state index < -0.39 is 35.1 Å². The van der Waals surface area contributed by atoms with Crippen molar-refractivity contribution in [2.24, 2.45) is 20.5 Å². The molecule has 0 bridgehead atoms. The number of hydrogen-bond acceptors (Lipinski definition) is 4. The Kier molecular flexibility index (Phi) is 2.60. The lowest BCUT2D eigenvalue weighted by Gasteiger charge is -2.00. The summed E-state index contributed by atoms with van der Waals surface area (Å²) in [4.78, 5) is 0. The number of allylic oxidation sites excluding steroid dienone is 4. The highest BCUT2D eigenvalue weighted by atomic mass is 19.4. The molecule has 2 rings (SSSR count). The summed E-state index contributed by atoms with van der Waals surface area (Å²) in [6.45, 7) is 0. The van der Waals surface area contributed by atoms with Crippen LogP contribution in [0.5, 0.6) is 0 Å². The van der Waals surface area contributed by atoms with Gasteiger partial charge in [0.25, 0.3) is 0 Å². The fourth-order valence-electron chi connectivity index (χ4n) is 1.12. The number of azo groups is 2. The number of rotatable bonds is 0. The maximum absolute atomic E-state index is 12.2. The third-order valence-electron chi connectivity index (χ3n) is 1.92. The third kappa shape index (κ3) is 2.31. The van der Waals surface area contributed by atoms with E-state index in [4.69, 9.17) is 0 Å². The van der Waals surface area contributed by atoms with Gasteiger partial charge in [-0.25, -0.2) is 0 Å². The Morgan fingerprint density at radius 1 is 0.611 bits per heavy atom. The van der Waals surface area contributed by atoms with Crippen LogP contribution in [0.15, 0.2) is 55.4 Å². The van der Waals surface area contributed by atoms with E-state index >= 15 is 0 Å². The van der Waals surface area contributed by atoms with Crippen LogP contribution in [-0.2, 0) is 0 Å². The van der Waals surface area contributed by atoms with Gasteiger partial charge in [-0.1, -0.05) is 0 Å². The van der Waals surface area contributed by atoms with Gasteiger partial charge in [-0.3, -0.25) is 0 Å². The summed E-state index contributed by atoms with van der Waals surface area (Å²) in [5.74, 6) is 0. The van der Waals surface area contributed by atoms with Crippen molar-refractivity contribution >= 4 is 0 Å². The topological polar surface area (TPSA) is 49.4 Å². The molecule has 0 fully saturated rings. The molecule has 0 amide bonds. The average Bonchev–Trinajstić information content (AvgIpc) is 2.84. The molecular formula is C8H2F6N4. The first-order valence-corrected chi connectivity index (χ1v) is 4.33. The molecule has 0 saturated heterocycles. The van der Waals surface area contributed by atoms with Crippen molar-refractivity contribution in [3.8, 4) is 0 Å². The van der Waals surface area contributed by atoms with Gasteiger partial charge in [0.1, 0.15) is 11.4 Å². The van der Waals surface area contributed by atoms with Crippen molar-refractivity contribution in [1.82, 2.24) is 0 Å². The normalized spacial score (nSPS) is 23.7. The lowest BCUT2D eigenvalue weighted by atomic mass is 10.2.